The van der Waals surface area contributed by atoms with Crippen LogP contribution >= 0.6 is 11.6 Å². The molecule has 1 saturated carbocycles. The van der Waals surface area contributed by atoms with Crippen molar-refractivity contribution in [2.24, 2.45) is 5.92 Å². The van der Waals surface area contributed by atoms with E-state index in [2.05, 4.69) is 10.3 Å². The van der Waals surface area contributed by atoms with E-state index in [-0.39, 0.29) is 18.6 Å². The molecular formula is C16H17ClN2O2. The molecule has 0 aliphatic heterocycles. The van der Waals surface area contributed by atoms with E-state index in [1.807, 2.05) is 19.1 Å². The van der Waals surface area contributed by atoms with E-state index in [1.54, 1.807) is 18.3 Å². The molecule has 1 aromatic heterocycles. The summed E-state index contributed by atoms with van der Waals surface area (Å²) in [5.41, 5.74) is 0.674. The number of amides is 1. The maximum Gasteiger partial charge on any atom is 0.258 e. The lowest BCUT2D eigenvalue weighted by Gasteiger charge is -2.14. The van der Waals surface area contributed by atoms with Crippen molar-refractivity contribution in [3.63, 3.8) is 0 Å². The molecule has 5 heteroatoms. The Labute approximate surface area is 128 Å². The first kappa shape index (κ1) is 14.1. The molecule has 3 rings (SSSR count). The summed E-state index contributed by atoms with van der Waals surface area (Å²) < 4.78 is 5.60. The van der Waals surface area contributed by atoms with Crippen LogP contribution in [-0.2, 0) is 4.79 Å². The van der Waals surface area contributed by atoms with Gasteiger partial charge in [0.1, 0.15) is 11.3 Å². The second-order valence-electron chi connectivity index (χ2n) is 5.43. The lowest BCUT2D eigenvalue weighted by Crippen LogP contribution is -2.37. The Balaban J connectivity index is 1.67. The summed E-state index contributed by atoms with van der Waals surface area (Å²) in [5, 5.41) is 4.41. The van der Waals surface area contributed by atoms with Crippen LogP contribution in [0.25, 0.3) is 10.9 Å². The van der Waals surface area contributed by atoms with Gasteiger partial charge in [0.15, 0.2) is 6.61 Å². The molecule has 0 saturated heterocycles. The van der Waals surface area contributed by atoms with Crippen molar-refractivity contribution < 1.29 is 9.53 Å². The van der Waals surface area contributed by atoms with Crippen molar-refractivity contribution in [3.05, 3.63) is 35.5 Å². The Morgan fingerprint density at radius 3 is 3.05 bits per heavy atom. The molecular weight excluding hydrogens is 288 g/mol. The van der Waals surface area contributed by atoms with Crippen LogP contribution in [0.2, 0.25) is 5.02 Å². The normalized spacial score (nSPS) is 15.7. The average molecular weight is 305 g/mol. The van der Waals surface area contributed by atoms with Crippen molar-refractivity contribution in [1.82, 2.24) is 10.3 Å². The Bertz CT molecular complexity index is 670. The van der Waals surface area contributed by atoms with Crippen LogP contribution in [-0.4, -0.2) is 23.5 Å². The molecule has 0 bridgehead atoms. The number of benzene rings is 1. The van der Waals surface area contributed by atoms with E-state index < -0.39 is 0 Å². The van der Waals surface area contributed by atoms with E-state index in [0.29, 0.717) is 22.2 Å². The standard InChI is InChI=1S/C16H17ClN2O2/c1-10(11-4-5-11)19-15(20)9-21-14-7-6-13(17)12-3-2-8-18-16(12)14/h2-3,6-8,10-11H,4-5,9H2,1H3,(H,19,20)/t10-/m0/s1. The second kappa shape index (κ2) is 5.90. The molecule has 110 valence electrons. The fraction of sp³-hybridized carbons (Fsp3) is 0.375. The predicted octanol–water partition coefficient (Wildman–Crippen LogP) is 3.18. The number of aromatic nitrogens is 1. The summed E-state index contributed by atoms with van der Waals surface area (Å²) in [5.74, 6) is 1.10. The van der Waals surface area contributed by atoms with Crippen LogP contribution in [0, 0.1) is 5.92 Å². The van der Waals surface area contributed by atoms with Gasteiger partial charge in [-0.05, 0) is 49.9 Å². The first-order valence-corrected chi connectivity index (χ1v) is 7.48. The zero-order chi connectivity index (χ0) is 14.8. The number of ether oxygens (including phenoxy) is 1. The molecule has 1 aliphatic carbocycles. The van der Waals surface area contributed by atoms with Crippen LogP contribution in [0.3, 0.4) is 0 Å². The molecule has 1 heterocycles. The predicted molar refractivity (Wildman–Crippen MR) is 82.6 cm³/mol. The number of hydrogen-bond donors (Lipinski definition) is 1. The molecule has 2 aromatic rings. The van der Waals surface area contributed by atoms with Crippen LogP contribution in [0.15, 0.2) is 30.5 Å². The molecule has 1 aliphatic rings. The van der Waals surface area contributed by atoms with Crippen molar-refractivity contribution in [2.45, 2.75) is 25.8 Å². The van der Waals surface area contributed by atoms with Crippen LogP contribution in [0.1, 0.15) is 19.8 Å². The van der Waals surface area contributed by atoms with Gasteiger partial charge in [0.25, 0.3) is 5.91 Å². The largest absolute Gasteiger partial charge is 0.481 e. The molecule has 1 aromatic carbocycles. The highest BCUT2D eigenvalue weighted by molar-refractivity contribution is 6.35. The number of pyridine rings is 1. The van der Waals surface area contributed by atoms with Crippen molar-refractivity contribution in [1.29, 1.82) is 0 Å². The number of carbonyl (C=O) groups excluding carboxylic acids is 1. The van der Waals surface area contributed by atoms with Crippen LogP contribution < -0.4 is 10.1 Å². The zero-order valence-electron chi connectivity index (χ0n) is 11.8. The molecule has 0 unspecified atom stereocenters. The Morgan fingerprint density at radius 1 is 1.48 bits per heavy atom. The SMILES string of the molecule is C[C@H](NC(=O)COc1ccc(Cl)c2cccnc12)C1CC1. The Hall–Kier alpha value is -1.81. The van der Waals surface area contributed by atoms with Gasteiger partial charge in [-0.1, -0.05) is 11.6 Å². The lowest BCUT2D eigenvalue weighted by atomic mass is 10.2. The highest BCUT2D eigenvalue weighted by Crippen LogP contribution is 2.32. The second-order valence-corrected chi connectivity index (χ2v) is 5.83. The number of rotatable bonds is 5. The molecule has 0 radical (unpaired) electrons. The molecule has 21 heavy (non-hydrogen) atoms. The molecule has 4 nitrogen and oxygen atoms in total. The van der Waals surface area contributed by atoms with Gasteiger partial charge in [0.2, 0.25) is 0 Å². The number of fused-ring (bicyclic) bond motifs is 1. The lowest BCUT2D eigenvalue weighted by molar-refractivity contribution is -0.123. The average Bonchev–Trinajstić information content (AvgIpc) is 3.31. The third-order valence-corrected chi connectivity index (χ3v) is 4.09. The van der Waals surface area contributed by atoms with Crippen molar-refractivity contribution >= 4 is 28.4 Å². The van der Waals surface area contributed by atoms with E-state index in [0.717, 1.165) is 5.39 Å². The van der Waals surface area contributed by atoms with Gasteiger partial charge < -0.3 is 10.1 Å². The fourth-order valence-electron chi connectivity index (χ4n) is 2.38. The number of hydrogen-bond acceptors (Lipinski definition) is 3. The summed E-state index contributed by atoms with van der Waals surface area (Å²) in [7, 11) is 0. The zero-order valence-corrected chi connectivity index (χ0v) is 12.6. The molecule has 1 atom stereocenters. The Kier molecular flexibility index (Phi) is 3.97. The van der Waals surface area contributed by atoms with Gasteiger partial charge in [0, 0.05) is 17.6 Å². The smallest absolute Gasteiger partial charge is 0.258 e. The molecule has 1 N–H and O–H groups in total. The van der Waals surface area contributed by atoms with Gasteiger partial charge in [-0.25, -0.2) is 0 Å². The summed E-state index contributed by atoms with van der Waals surface area (Å²) in [6.07, 6.45) is 4.09. The van der Waals surface area contributed by atoms with E-state index in [4.69, 9.17) is 16.3 Å². The van der Waals surface area contributed by atoms with Crippen LogP contribution in [0.5, 0.6) is 5.75 Å². The number of nitrogens with one attached hydrogen (secondary N) is 1. The van der Waals surface area contributed by atoms with Gasteiger partial charge in [-0.15, -0.1) is 0 Å². The molecule has 1 amide bonds. The maximum absolute atomic E-state index is 11.9. The van der Waals surface area contributed by atoms with Gasteiger partial charge in [-0.2, -0.15) is 0 Å². The topological polar surface area (TPSA) is 51.2 Å². The third kappa shape index (κ3) is 3.27. The monoisotopic (exact) mass is 304 g/mol. The quantitative estimate of drug-likeness (QED) is 0.923. The summed E-state index contributed by atoms with van der Waals surface area (Å²) in [4.78, 5) is 16.2. The van der Waals surface area contributed by atoms with E-state index in [1.165, 1.54) is 12.8 Å². The summed E-state index contributed by atoms with van der Waals surface area (Å²) in [6.45, 7) is 2.03. The van der Waals surface area contributed by atoms with E-state index in [9.17, 15) is 4.79 Å². The molecule has 0 spiro atoms. The van der Waals surface area contributed by atoms with Crippen LogP contribution in [0.4, 0.5) is 0 Å². The minimum Gasteiger partial charge on any atom is -0.481 e. The highest BCUT2D eigenvalue weighted by atomic mass is 35.5. The number of halogens is 1. The number of carbonyl (C=O) groups is 1. The molecule has 1 fully saturated rings. The van der Waals surface area contributed by atoms with Gasteiger partial charge in [-0.3, -0.25) is 9.78 Å². The van der Waals surface area contributed by atoms with E-state index >= 15 is 0 Å². The first-order chi connectivity index (χ1) is 10.1. The fourth-order valence-corrected chi connectivity index (χ4v) is 2.60. The van der Waals surface area contributed by atoms with Gasteiger partial charge in [0.05, 0.1) is 5.02 Å². The minimum atomic E-state index is -0.103. The van der Waals surface area contributed by atoms with Crippen molar-refractivity contribution in [3.8, 4) is 5.75 Å². The first-order valence-electron chi connectivity index (χ1n) is 7.10. The maximum atomic E-state index is 11.9. The van der Waals surface area contributed by atoms with Crippen molar-refractivity contribution in [2.75, 3.05) is 6.61 Å². The summed E-state index contributed by atoms with van der Waals surface area (Å²) in [6, 6.07) is 7.43. The number of nitrogens with zero attached hydrogens (tertiary/aromatic N) is 1. The minimum absolute atomic E-state index is 0.00956. The summed E-state index contributed by atoms with van der Waals surface area (Å²) >= 11 is 6.13. The Morgan fingerprint density at radius 2 is 2.29 bits per heavy atom. The highest BCUT2D eigenvalue weighted by Gasteiger charge is 2.28. The van der Waals surface area contributed by atoms with Gasteiger partial charge >= 0.3 is 0 Å². The third-order valence-electron chi connectivity index (χ3n) is 3.76.